The number of hydrogen-bond acceptors (Lipinski definition) is 4. The molecule has 0 amide bonds. The van der Waals surface area contributed by atoms with E-state index in [2.05, 4.69) is 49.9 Å². The molecule has 0 aliphatic rings. The molecule has 0 radical (unpaired) electrons. The van der Waals surface area contributed by atoms with Crippen LogP contribution in [0.1, 0.15) is 43.6 Å². The SMILES string of the molecule is Cc1nc(SCCCCNCC(C)C)nc(C)c1C. The average molecular weight is 281 g/mol. The minimum Gasteiger partial charge on any atom is -0.316 e. The second kappa shape index (κ2) is 8.54. The van der Waals surface area contributed by atoms with E-state index in [1.54, 1.807) is 11.8 Å². The van der Waals surface area contributed by atoms with Crippen LogP contribution >= 0.6 is 11.8 Å². The van der Waals surface area contributed by atoms with Crippen LogP contribution < -0.4 is 5.32 Å². The van der Waals surface area contributed by atoms with Crippen molar-refractivity contribution in [3.63, 3.8) is 0 Å². The molecule has 0 aromatic carbocycles. The first-order valence-electron chi connectivity index (χ1n) is 7.16. The zero-order valence-electron chi connectivity index (χ0n) is 12.9. The van der Waals surface area contributed by atoms with E-state index in [0.717, 1.165) is 41.3 Å². The summed E-state index contributed by atoms with van der Waals surface area (Å²) in [5.74, 6) is 1.84. The van der Waals surface area contributed by atoms with Gasteiger partial charge in [-0.1, -0.05) is 25.6 Å². The lowest BCUT2D eigenvalue weighted by Crippen LogP contribution is -2.20. The summed E-state index contributed by atoms with van der Waals surface area (Å²) in [4.78, 5) is 9.05. The van der Waals surface area contributed by atoms with Crippen LogP contribution in [0.4, 0.5) is 0 Å². The van der Waals surface area contributed by atoms with Gasteiger partial charge in [0.05, 0.1) is 0 Å². The van der Waals surface area contributed by atoms with Crippen LogP contribution in [0.2, 0.25) is 0 Å². The number of nitrogens with zero attached hydrogens (tertiary/aromatic N) is 2. The Hall–Kier alpha value is -0.610. The topological polar surface area (TPSA) is 37.8 Å². The van der Waals surface area contributed by atoms with Gasteiger partial charge in [-0.15, -0.1) is 0 Å². The predicted molar refractivity (Wildman–Crippen MR) is 83.9 cm³/mol. The van der Waals surface area contributed by atoms with E-state index >= 15 is 0 Å². The van der Waals surface area contributed by atoms with Gasteiger partial charge in [0.1, 0.15) is 0 Å². The minimum absolute atomic E-state index is 0.737. The first kappa shape index (κ1) is 16.4. The summed E-state index contributed by atoms with van der Waals surface area (Å²) in [5.41, 5.74) is 3.42. The van der Waals surface area contributed by atoms with Gasteiger partial charge < -0.3 is 5.32 Å². The monoisotopic (exact) mass is 281 g/mol. The third-order valence-electron chi connectivity index (χ3n) is 3.14. The minimum atomic E-state index is 0.737. The molecule has 0 bridgehead atoms. The van der Waals surface area contributed by atoms with Crippen molar-refractivity contribution in [1.29, 1.82) is 0 Å². The van der Waals surface area contributed by atoms with Crippen LogP contribution in [0, 0.1) is 26.7 Å². The average Bonchev–Trinajstić information content (AvgIpc) is 2.34. The van der Waals surface area contributed by atoms with Crippen LogP contribution in [-0.2, 0) is 0 Å². The number of aromatic nitrogens is 2. The van der Waals surface area contributed by atoms with Gasteiger partial charge in [-0.2, -0.15) is 0 Å². The number of nitrogens with one attached hydrogen (secondary N) is 1. The van der Waals surface area contributed by atoms with E-state index in [1.807, 2.05) is 0 Å². The van der Waals surface area contributed by atoms with Crippen LogP contribution in [0.3, 0.4) is 0 Å². The molecule has 108 valence electrons. The van der Waals surface area contributed by atoms with E-state index < -0.39 is 0 Å². The molecule has 0 spiro atoms. The Balaban J connectivity index is 2.19. The second-order valence-electron chi connectivity index (χ2n) is 5.46. The van der Waals surface area contributed by atoms with Crippen molar-refractivity contribution in [3.05, 3.63) is 17.0 Å². The lowest BCUT2D eigenvalue weighted by Gasteiger charge is -2.08. The maximum atomic E-state index is 4.53. The molecule has 0 atom stereocenters. The zero-order chi connectivity index (χ0) is 14.3. The van der Waals surface area contributed by atoms with Gasteiger partial charge in [-0.05, 0) is 58.2 Å². The predicted octanol–water partition coefficient (Wildman–Crippen LogP) is 3.52. The molecule has 1 aromatic heterocycles. The van der Waals surface area contributed by atoms with Gasteiger partial charge >= 0.3 is 0 Å². The first-order chi connectivity index (χ1) is 9.00. The zero-order valence-corrected chi connectivity index (χ0v) is 13.7. The van der Waals surface area contributed by atoms with E-state index in [9.17, 15) is 0 Å². The number of aryl methyl sites for hydroxylation is 2. The molecule has 3 nitrogen and oxygen atoms in total. The lowest BCUT2D eigenvalue weighted by molar-refractivity contribution is 0.541. The van der Waals surface area contributed by atoms with Crippen molar-refractivity contribution >= 4 is 11.8 Å². The summed E-state index contributed by atoms with van der Waals surface area (Å²) in [6.45, 7) is 12.9. The molecular formula is C15H27N3S. The molecule has 0 unspecified atom stereocenters. The summed E-state index contributed by atoms with van der Waals surface area (Å²) in [6.07, 6.45) is 2.44. The third-order valence-corrected chi connectivity index (χ3v) is 4.08. The number of rotatable bonds is 8. The van der Waals surface area contributed by atoms with E-state index in [4.69, 9.17) is 0 Å². The Morgan fingerprint density at radius 1 is 1.05 bits per heavy atom. The fraction of sp³-hybridized carbons (Fsp3) is 0.733. The van der Waals surface area contributed by atoms with Crippen molar-refractivity contribution in [2.45, 2.75) is 52.6 Å². The van der Waals surface area contributed by atoms with Gasteiger partial charge in [0, 0.05) is 17.1 Å². The van der Waals surface area contributed by atoms with Crippen molar-refractivity contribution in [2.75, 3.05) is 18.8 Å². The first-order valence-corrected chi connectivity index (χ1v) is 8.14. The summed E-state index contributed by atoms with van der Waals surface area (Å²) < 4.78 is 0. The smallest absolute Gasteiger partial charge is 0.187 e. The summed E-state index contributed by atoms with van der Waals surface area (Å²) >= 11 is 1.77. The molecule has 0 saturated carbocycles. The van der Waals surface area contributed by atoms with Crippen molar-refractivity contribution in [2.24, 2.45) is 5.92 Å². The van der Waals surface area contributed by atoms with Crippen molar-refractivity contribution in [1.82, 2.24) is 15.3 Å². The second-order valence-corrected chi connectivity index (χ2v) is 6.52. The maximum Gasteiger partial charge on any atom is 0.187 e. The fourth-order valence-electron chi connectivity index (χ4n) is 1.71. The van der Waals surface area contributed by atoms with Crippen LogP contribution in [0.25, 0.3) is 0 Å². The molecule has 4 heteroatoms. The lowest BCUT2D eigenvalue weighted by atomic mass is 10.2. The molecule has 0 saturated heterocycles. The Morgan fingerprint density at radius 3 is 2.26 bits per heavy atom. The van der Waals surface area contributed by atoms with Crippen LogP contribution in [-0.4, -0.2) is 28.8 Å². The van der Waals surface area contributed by atoms with Crippen molar-refractivity contribution < 1.29 is 0 Å². The molecule has 1 N–H and O–H groups in total. The molecule has 19 heavy (non-hydrogen) atoms. The third kappa shape index (κ3) is 6.39. The van der Waals surface area contributed by atoms with Gasteiger partial charge in [0.25, 0.3) is 0 Å². The molecular weight excluding hydrogens is 254 g/mol. The van der Waals surface area contributed by atoms with Crippen LogP contribution in [0.5, 0.6) is 0 Å². The standard InChI is InChI=1S/C15H27N3S/c1-11(2)10-16-8-6-7-9-19-15-17-13(4)12(3)14(5)18-15/h11,16H,6-10H2,1-5H3. The van der Waals surface area contributed by atoms with Gasteiger partial charge in [-0.25, -0.2) is 9.97 Å². The van der Waals surface area contributed by atoms with Gasteiger partial charge in [0.2, 0.25) is 0 Å². The van der Waals surface area contributed by atoms with Gasteiger partial charge in [0.15, 0.2) is 5.16 Å². The van der Waals surface area contributed by atoms with Gasteiger partial charge in [-0.3, -0.25) is 0 Å². The Kier molecular flexibility index (Phi) is 7.39. The highest BCUT2D eigenvalue weighted by molar-refractivity contribution is 7.99. The summed E-state index contributed by atoms with van der Waals surface area (Å²) in [5, 5.41) is 4.40. The molecule has 0 aliphatic carbocycles. The highest BCUT2D eigenvalue weighted by atomic mass is 32.2. The number of thioether (sulfide) groups is 1. The van der Waals surface area contributed by atoms with E-state index in [0.29, 0.717) is 0 Å². The summed E-state index contributed by atoms with van der Waals surface area (Å²) in [7, 11) is 0. The van der Waals surface area contributed by atoms with E-state index in [1.165, 1.54) is 18.4 Å². The van der Waals surface area contributed by atoms with Crippen LogP contribution in [0.15, 0.2) is 5.16 Å². The highest BCUT2D eigenvalue weighted by Crippen LogP contribution is 2.18. The number of hydrogen-bond donors (Lipinski definition) is 1. The Bertz CT molecular complexity index is 368. The molecule has 0 fully saturated rings. The van der Waals surface area contributed by atoms with Crippen molar-refractivity contribution in [3.8, 4) is 0 Å². The quantitative estimate of drug-likeness (QED) is 0.449. The largest absolute Gasteiger partial charge is 0.316 e. The Morgan fingerprint density at radius 2 is 1.68 bits per heavy atom. The molecule has 1 heterocycles. The maximum absolute atomic E-state index is 4.53. The molecule has 1 aromatic rings. The highest BCUT2D eigenvalue weighted by Gasteiger charge is 2.04. The molecule has 1 rings (SSSR count). The Labute approximate surface area is 122 Å². The fourth-order valence-corrected chi connectivity index (χ4v) is 2.65. The molecule has 0 aliphatic heterocycles. The van der Waals surface area contributed by atoms with E-state index in [-0.39, 0.29) is 0 Å². The summed E-state index contributed by atoms with van der Waals surface area (Å²) in [6, 6.07) is 0. The normalized spacial score (nSPS) is 11.3. The number of unbranched alkanes of at least 4 members (excludes halogenated alkanes) is 1.